The van der Waals surface area contributed by atoms with Crippen molar-refractivity contribution in [2.24, 2.45) is 0 Å². The Morgan fingerprint density at radius 1 is 1.17 bits per heavy atom. The van der Waals surface area contributed by atoms with E-state index in [9.17, 15) is 4.79 Å². The molecule has 1 aliphatic rings. The summed E-state index contributed by atoms with van der Waals surface area (Å²) in [5, 5.41) is 3.99. The van der Waals surface area contributed by atoms with Crippen LogP contribution in [0.25, 0.3) is 22.2 Å². The highest BCUT2D eigenvalue weighted by Gasteiger charge is 2.26. The predicted molar refractivity (Wildman–Crippen MR) is 118 cm³/mol. The molecule has 156 valence electrons. The molecule has 0 aliphatic carbocycles. The van der Waals surface area contributed by atoms with Crippen LogP contribution in [0.5, 0.6) is 0 Å². The summed E-state index contributed by atoms with van der Waals surface area (Å²) in [4.78, 5) is 24.4. The van der Waals surface area contributed by atoms with E-state index in [1.165, 1.54) is 0 Å². The zero-order valence-corrected chi connectivity index (χ0v) is 17.7. The molecule has 2 aromatic heterocycles. The first-order valence-corrected chi connectivity index (χ1v) is 10.5. The number of pyridine rings is 2. The van der Waals surface area contributed by atoms with Crippen molar-refractivity contribution in [3.63, 3.8) is 0 Å². The molecule has 0 unspecified atom stereocenters. The largest absolute Gasteiger partial charge is 0.373 e. The molecular weight excluding hydrogens is 376 g/mol. The van der Waals surface area contributed by atoms with E-state index in [0.29, 0.717) is 12.1 Å². The third-order valence-electron chi connectivity index (χ3n) is 5.57. The molecule has 0 saturated carbocycles. The van der Waals surface area contributed by atoms with Crippen LogP contribution in [0.1, 0.15) is 31.1 Å². The van der Waals surface area contributed by atoms with Crippen LogP contribution < -0.4 is 5.32 Å². The molecule has 1 fully saturated rings. The van der Waals surface area contributed by atoms with Gasteiger partial charge in [-0.1, -0.05) is 18.2 Å². The van der Waals surface area contributed by atoms with Crippen molar-refractivity contribution in [2.75, 3.05) is 19.6 Å². The maximum atomic E-state index is 13.2. The minimum Gasteiger partial charge on any atom is -0.373 e. The molecular formula is C24H28N4O2. The normalized spacial score (nSPS) is 20.8. The van der Waals surface area contributed by atoms with Crippen LogP contribution in [0.15, 0.2) is 54.9 Å². The SMILES string of the molecule is C[C@@H]1CN([C@@H](C)CNC(=O)c2cc(-c3ccncc3)nc3ccccc23)C[C@@H](C)O1. The van der Waals surface area contributed by atoms with Gasteiger partial charge in [-0.3, -0.25) is 14.7 Å². The van der Waals surface area contributed by atoms with Gasteiger partial charge in [0.25, 0.3) is 5.91 Å². The summed E-state index contributed by atoms with van der Waals surface area (Å²) in [5.74, 6) is -0.0786. The number of hydrogen-bond acceptors (Lipinski definition) is 5. The van der Waals surface area contributed by atoms with E-state index in [2.05, 4.69) is 36.0 Å². The molecule has 3 aromatic rings. The van der Waals surface area contributed by atoms with E-state index < -0.39 is 0 Å². The lowest BCUT2D eigenvalue weighted by molar-refractivity contribution is -0.0778. The summed E-state index contributed by atoms with van der Waals surface area (Å²) in [6.45, 7) is 8.69. The van der Waals surface area contributed by atoms with E-state index >= 15 is 0 Å². The molecule has 1 N–H and O–H groups in total. The number of fused-ring (bicyclic) bond motifs is 1. The Bertz CT molecular complexity index is 1010. The Balaban J connectivity index is 1.55. The third-order valence-corrected chi connectivity index (χ3v) is 5.57. The van der Waals surface area contributed by atoms with Gasteiger partial charge >= 0.3 is 0 Å². The highest BCUT2D eigenvalue weighted by molar-refractivity contribution is 6.07. The van der Waals surface area contributed by atoms with E-state index in [4.69, 9.17) is 9.72 Å². The number of rotatable bonds is 5. The van der Waals surface area contributed by atoms with Gasteiger partial charge in [0.2, 0.25) is 0 Å². The second kappa shape index (κ2) is 8.90. The van der Waals surface area contributed by atoms with Crippen molar-refractivity contribution in [1.29, 1.82) is 0 Å². The van der Waals surface area contributed by atoms with Gasteiger partial charge in [0.05, 0.1) is 29.0 Å². The van der Waals surface area contributed by atoms with Crippen molar-refractivity contribution < 1.29 is 9.53 Å². The van der Waals surface area contributed by atoms with Crippen molar-refractivity contribution in [3.05, 3.63) is 60.4 Å². The first kappa shape index (κ1) is 20.4. The van der Waals surface area contributed by atoms with Crippen molar-refractivity contribution in [1.82, 2.24) is 20.2 Å². The van der Waals surface area contributed by atoms with E-state index in [0.717, 1.165) is 35.2 Å². The number of amides is 1. The maximum Gasteiger partial charge on any atom is 0.252 e. The highest BCUT2D eigenvalue weighted by atomic mass is 16.5. The number of para-hydroxylation sites is 1. The van der Waals surface area contributed by atoms with Gasteiger partial charge < -0.3 is 10.1 Å². The number of ether oxygens (including phenoxy) is 1. The summed E-state index contributed by atoms with van der Waals surface area (Å²) < 4.78 is 5.82. The lowest BCUT2D eigenvalue weighted by Gasteiger charge is -2.39. The van der Waals surface area contributed by atoms with E-state index in [1.54, 1.807) is 12.4 Å². The quantitative estimate of drug-likeness (QED) is 0.705. The molecule has 6 nitrogen and oxygen atoms in total. The number of hydrogen-bond donors (Lipinski definition) is 1. The molecule has 0 spiro atoms. The topological polar surface area (TPSA) is 67.4 Å². The fourth-order valence-corrected chi connectivity index (χ4v) is 4.08. The minimum atomic E-state index is -0.0786. The van der Waals surface area contributed by atoms with Crippen molar-refractivity contribution in [2.45, 2.75) is 39.0 Å². The number of benzene rings is 1. The van der Waals surface area contributed by atoms with E-state index in [-0.39, 0.29) is 24.2 Å². The average Bonchev–Trinajstić information content (AvgIpc) is 2.76. The Morgan fingerprint density at radius 3 is 2.60 bits per heavy atom. The number of carbonyl (C=O) groups excluding carboxylic acids is 1. The van der Waals surface area contributed by atoms with Crippen molar-refractivity contribution >= 4 is 16.8 Å². The second-order valence-electron chi connectivity index (χ2n) is 8.08. The summed E-state index contributed by atoms with van der Waals surface area (Å²) in [6.07, 6.45) is 3.88. The predicted octanol–water partition coefficient (Wildman–Crippen LogP) is 3.52. The Kier molecular flexibility index (Phi) is 6.06. The monoisotopic (exact) mass is 404 g/mol. The van der Waals surface area contributed by atoms with Gasteiger partial charge in [-0.2, -0.15) is 0 Å². The Labute approximate surface area is 177 Å². The molecule has 1 aliphatic heterocycles. The van der Waals surface area contributed by atoms with Crippen LogP contribution in [0.4, 0.5) is 0 Å². The summed E-state index contributed by atoms with van der Waals surface area (Å²) in [5.41, 5.74) is 3.16. The van der Waals surface area contributed by atoms with Gasteiger partial charge in [0.15, 0.2) is 0 Å². The van der Waals surface area contributed by atoms with Crippen LogP contribution in [0.3, 0.4) is 0 Å². The molecule has 1 aromatic carbocycles. The van der Waals surface area contributed by atoms with Crippen LogP contribution in [0, 0.1) is 0 Å². The van der Waals surface area contributed by atoms with Crippen LogP contribution in [0.2, 0.25) is 0 Å². The van der Waals surface area contributed by atoms with Crippen LogP contribution in [-0.2, 0) is 4.74 Å². The molecule has 1 saturated heterocycles. The maximum absolute atomic E-state index is 13.2. The second-order valence-corrected chi connectivity index (χ2v) is 8.08. The smallest absolute Gasteiger partial charge is 0.252 e. The molecule has 6 heteroatoms. The van der Waals surface area contributed by atoms with Gasteiger partial charge in [0.1, 0.15) is 0 Å². The van der Waals surface area contributed by atoms with Crippen LogP contribution in [-0.4, -0.2) is 58.7 Å². The van der Waals surface area contributed by atoms with Gasteiger partial charge in [-0.15, -0.1) is 0 Å². The Hall–Kier alpha value is -2.83. The van der Waals surface area contributed by atoms with Gasteiger partial charge in [-0.25, -0.2) is 4.98 Å². The summed E-state index contributed by atoms with van der Waals surface area (Å²) in [6, 6.07) is 13.7. The minimum absolute atomic E-state index is 0.0786. The average molecular weight is 405 g/mol. The van der Waals surface area contributed by atoms with Crippen LogP contribution >= 0.6 is 0 Å². The molecule has 30 heavy (non-hydrogen) atoms. The number of aromatic nitrogens is 2. The van der Waals surface area contributed by atoms with Gasteiger partial charge in [-0.05, 0) is 45.0 Å². The van der Waals surface area contributed by atoms with E-state index in [1.807, 2.05) is 42.5 Å². The molecule has 3 atom stereocenters. The third kappa shape index (κ3) is 4.50. The summed E-state index contributed by atoms with van der Waals surface area (Å²) >= 11 is 0. The molecule has 0 radical (unpaired) electrons. The first-order chi connectivity index (χ1) is 14.5. The fraction of sp³-hybridized carbons (Fsp3) is 0.375. The van der Waals surface area contributed by atoms with Crippen molar-refractivity contribution in [3.8, 4) is 11.3 Å². The standard InChI is InChI=1S/C24H28N4O2/c1-16(28-14-17(2)30-18(3)15-28)13-26-24(29)21-12-23(19-8-10-25-11-9-19)27-22-7-5-4-6-20(21)22/h4-12,16-18H,13-15H2,1-3H3,(H,26,29)/t16-,17+,18+/m0/s1. The molecule has 0 bridgehead atoms. The zero-order chi connectivity index (χ0) is 21.1. The van der Waals surface area contributed by atoms with Gasteiger partial charge in [0, 0.05) is 49.0 Å². The fourth-order valence-electron chi connectivity index (χ4n) is 4.08. The zero-order valence-electron chi connectivity index (χ0n) is 17.7. The number of morpholine rings is 1. The molecule has 1 amide bonds. The number of nitrogens with zero attached hydrogens (tertiary/aromatic N) is 3. The summed E-state index contributed by atoms with van der Waals surface area (Å²) in [7, 11) is 0. The lowest BCUT2D eigenvalue weighted by Crippen LogP contribution is -2.52. The lowest BCUT2D eigenvalue weighted by atomic mass is 10.0. The number of carbonyl (C=O) groups is 1. The number of nitrogens with one attached hydrogen (secondary N) is 1. The first-order valence-electron chi connectivity index (χ1n) is 10.5. The molecule has 3 heterocycles. The highest BCUT2D eigenvalue weighted by Crippen LogP contribution is 2.24. The Morgan fingerprint density at radius 2 is 1.87 bits per heavy atom. The molecule has 4 rings (SSSR count).